The molecule has 0 atom stereocenters. The molecule has 0 bridgehead atoms. The number of nitrogens with zero attached hydrogens (tertiary/aromatic N) is 1. The average molecular weight is 287 g/mol. The number of rotatable bonds is 3. The zero-order valence-corrected chi connectivity index (χ0v) is 10.8. The Morgan fingerprint density at radius 3 is 3.00 bits per heavy atom. The summed E-state index contributed by atoms with van der Waals surface area (Å²) in [6.07, 6.45) is 1.39. The Morgan fingerprint density at radius 1 is 1.56 bits per heavy atom. The number of carbonyl (C=O) groups excluding carboxylic acids is 1. The fourth-order valence-corrected chi connectivity index (χ4v) is 2.10. The highest BCUT2D eigenvalue weighted by Crippen LogP contribution is 2.25. The molecule has 2 aromatic rings. The molecule has 0 spiro atoms. The van der Waals surface area contributed by atoms with Crippen molar-refractivity contribution in [3.63, 3.8) is 0 Å². The number of thiazole rings is 1. The molecule has 0 aliphatic carbocycles. The third-order valence-electron chi connectivity index (χ3n) is 2.06. The van der Waals surface area contributed by atoms with Crippen LogP contribution in [0, 0.1) is 5.82 Å². The van der Waals surface area contributed by atoms with Crippen LogP contribution in [0.2, 0.25) is 5.02 Å². The highest BCUT2D eigenvalue weighted by Gasteiger charge is 2.10. The molecule has 7 heteroatoms. The van der Waals surface area contributed by atoms with Gasteiger partial charge in [0.05, 0.1) is 18.3 Å². The van der Waals surface area contributed by atoms with Crippen LogP contribution >= 0.6 is 22.9 Å². The van der Waals surface area contributed by atoms with Gasteiger partial charge in [-0.15, -0.1) is 0 Å². The van der Waals surface area contributed by atoms with Gasteiger partial charge < -0.3 is 10.1 Å². The quantitative estimate of drug-likeness (QED) is 0.878. The highest BCUT2D eigenvalue weighted by atomic mass is 35.5. The summed E-state index contributed by atoms with van der Waals surface area (Å²) in [7, 11) is 1.30. The van der Waals surface area contributed by atoms with E-state index in [9.17, 15) is 9.18 Å². The van der Waals surface area contributed by atoms with Crippen molar-refractivity contribution in [2.45, 2.75) is 0 Å². The maximum absolute atomic E-state index is 13.2. The fraction of sp³-hybridized carbons (Fsp3) is 0.0909. The van der Waals surface area contributed by atoms with E-state index < -0.39 is 11.8 Å². The van der Waals surface area contributed by atoms with Crippen molar-refractivity contribution in [1.82, 2.24) is 4.98 Å². The summed E-state index contributed by atoms with van der Waals surface area (Å²) in [6, 6.07) is 4.31. The number of aromatic nitrogens is 1. The Labute approximate surface area is 111 Å². The van der Waals surface area contributed by atoms with Gasteiger partial charge in [-0.2, -0.15) is 0 Å². The molecule has 1 aromatic carbocycles. The van der Waals surface area contributed by atoms with Crippen LogP contribution in [0.25, 0.3) is 0 Å². The minimum absolute atomic E-state index is 0.0509. The summed E-state index contributed by atoms with van der Waals surface area (Å²) < 4.78 is 17.8. The summed E-state index contributed by atoms with van der Waals surface area (Å²) in [6.45, 7) is 0. The number of halogens is 2. The molecule has 0 fully saturated rings. The van der Waals surface area contributed by atoms with Gasteiger partial charge in [0, 0.05) is 5.69 Å². The first kappa shape index (κ1) is 12.8. The molecule has 0 aliphatic rings. The molecule has 0 radical (unpaired) electrons. The van der Waals surface area contributed by atoms with Crippen molar-refractivity contribution >= 4 is 39.7 Å². The van der Waals surface area contributed by atoms with Gasteiger partial charge in [0.25, 0.3) is 0 Å². The zero-order chi connectivity index (χ0) is 13.1. The Morgan fingerprint density at radius 2 is 2.33 bits per heavy atom. The van der Waals surface area contributed by atoms with Crippen molar-refractivity contribution < 1.29 is 13.9 Å². The van der Waals surface area contributed by atoms with Crippen molar-refractivity contribution in [3.8, 4) is 0 Å². The summed E-state index contributed by atoms with van der Waals surface area (Å²) in [5, 5.41) is 3.39. The number of carbonyl (C=O) groups is 1. The van der Waals surface area contributed by atoms with E-state index in [4.69, 9.17) is 11.6 Å². The maximum Gasteiger partial charge on any atom is 0.349 e. The Kier molecular flexibility index (Phi) is 3.78. The zero-order valence-electron chi connectivity index (χ0n) is 9.24. The Bertz CT molecular complexity index is 588. The summed E-state index contributed by atoms with van der Waals surface area (Å²) >= 11 is 6.69. The number of ether oxygens (including phenoxy) is 1. The number of hydrogen-bond acceptors (Lipinski definition) is 5. The van der Waals surface area contributed by atoms with Crippen LogP contribution in [0.1, 0.15) is 9.67 Å². The third-order valence-corrected chi connectivity index (χ3v) is 3.26. The third kappa shape index (κ3) is 2.77. The summed E-state index contributed by atoms with van der Waals surface area (Å²) in [5.41, 5.74) is 0.502. The number of anilines is 2. The van der Waals surface area contributed by atoms with Crippen LogP contribution in [0.4, 0.5) is 15.2 Å². The first-order valence-electron chi connectivity index (χ1n) is 4.86. The van der Waals surface area contributed by atoms with Gasteiger partial charge in [0.1, 0.15) is 10.7 Å². The number of benzene rings is 1. The van der Waals surface area contributed by atoms with Crippen LogP contribution in [-0.2, 0) is 4.74 Å². The van der Waals surface area contributed by atoms with E-state index in [2.05, 4.69) is 15.0 Å². The topological polar surface area (TPSA) is 51.2 Å². The lowest BCUT2D eigenvalue weighted by molar-refractivity contribution is 0.0606. The SMILES string of the molecule is COC(=O)c1cnc(Nc2ccc(Cl)c(F)c2)s1. The molecule has 1 N–H and O–H groups in total. The average Bonchev–Trinajstić information content (AvgIpc) is 2.81. The Balaban J connectivity index is 2.16. The molecular weight excluding hydrogens is 279 g/mol. The predicted molar refractivity (Wildman–Crippen MR) is 68.1 cm³/mol. The van der Waals surface area contributed by atoms with Crippen molar-refractivity contribution in [2.24, 2.45) is 0 Å². The number of nitrogens with one attached hydrogen (secondary N) is 1. The molecule has 1 aromatic heterocycles. The highest BCUT2D eigenvalue weighted by molar-refractivity contribution is 7.17. The van der Waals surface area contributed by atoms with Gasteiger partial charge in [-0.05, 0) is 18.2 Å². The van der Waals surface area contributed by atoms with Gasteiger partial charge in [0.15, 0.2) is 5.13 Å². The second kappa shape index (κ2) is 5.32. The molecular formula is C11H8ClFN2O2S. The molecule has 4 nitrogen and oxygen atoms in total. The minimum Gasteiger partial charge on any atom is -0.465 e. The number of methoxy groups -OCH3 is 1. The van der Waals surface area contributed by atoms with E-state index in [1.807, 2.05) is 0 Å². The molecule has 0 amide bonds. The second-order valence-electron chi connectivity index (χ2n) is 3.28. The van der Waals surface area contributed by atoms with Crippen LogP contribution in [0.3, 0.4) is 0 Å². The lowest BCUT2D eigenvalue weighted by atomic mass is 10.3. The molecule has 0 aliphatic heterocycles. The van der Waals surface area contributed by atoms with Gasteiger partial charge in [-0.1, -0.05) is 22.9 Å². The molecule has 94 valence electrons. The summed E-state index contributed by atoms with van der Waals surface area (Å²) in [4.78, 5) is 15.6. The largest absolute Gasteiger partial charge is 0.465 e. The standard InChI is InChI=1S/C11H8ClFN2O2S/c1-17-10(16)9-5-14-11(18-9)15-6-2-3-7(12)8(13)4-6/h2-5H,1H3,(H,14,15). The van der Waals surface area contributed by atoms with Crippen molar-refractivity contribution in [2.75, 3.05) is 12.4 Å². The normalized spacial score (nSPS) is 10.2. The van der Waals surface area contributed by atoms with Crippen molar-refractivity contribution in [3.05, 3.63) is 40.1 Å². The van der Waals surface area contributed by atoms with Gasteiger partial charge >= 0.3 is 5.97 Å². The molecule has 0 unspecified atom stereocenters. The minimum atomic E-state index is -0.522. The van der Waals surface area contributed by atoms with Crippen LogP contribution < -0.4 is 5.32 Å². The van der Waals surface area contributed by atoms with Gasteiger partial charge in [-0.25, -0.2) is 14.2 Å². The lowest BCUT2D eigenvalue weighted by Gasteiger charge is -2.02. The number of hydrogen-bond donors (Lipinski definition) is 1. The van der Waals surface area contributed by atoms with Crippen LogP contribution in [0.15, 0.2) is 24.4 Å². The number of esters is 1. The van der Waals surface area contributed by atoms with E-state index >= 15 is 0 Å². The first-order chi connectivity index (χ1) is 8.60. The van der Waals surface area contributed by atoms with Gasteiger partial charge in [0.2, 0.25) is 0 Å². The lowest BCUT2D eigenvalue weighted by Crippen LogP contribution is -1.96. The van der Waals surface area contributed by atoms with Crippen LogP contribution in [-0.4, -0.2) is 18.1 Å². The van der Waals surface area contributed by atoms with E-state index in [-0.39, 0.29) is 5.02 Å². The Hall–Kier alpha value is -1.66. The molecule has 1 heterocycles. The van der Waals surface area contributed by atoms with E-state index in [1.54, 1.807) is 6.07 Å². The molecule has 18 heavy (non-hydrogen) atoms. The molecule has 2 rings (SSSR count). The fourth-order valence-electron chi connectivity index (χ4n) is 1.22. The van der Waals surface area contributed by atoms with Crippen molar-refractivity contribution in [1.29, 1.82) is 0 Å². The van der Waals surface area contributed by atoms with E-state index in [0.717, 1.165) is 11.3 Å². The van der Waals surface area contributed by atoms with E-state index in [0.29, 0.717) is 15.7 Å². The maximum atomic E-state index is 13.2. The first-order valence-corrected chi connectivity index (χ1v) is 6.06. The second-order valence-corrected chi connectivity index (χ2v) is 4.71. The van der Waals surface area contributed by atoms with E-state index in [1.165, 1.54) is 25.4 Å². The smallest absolute Gasteiger partial charge is 0.349 e. The molecule has 0 saturated heterocycles. The van der Waals surface area contributed by atoms with Crippen LogP contribution in [0.5, 0.6) is 0 Å². The summed E-state index contributed by atoms with van der Waals surface area (Å²) in [5.74, 6) is -0.978. The molecule has 0 saturated carbocycles. The van der Waals surface area contributed by atoms with Gasteiger partial charge in [-0.3, -0.25) is 0 Å². The predicted octanol–water partition coefficient (Wildman–Crippen LogP) is 3.47. The monoisotopic (exact) mass is 286 g/mol.